The molecular weight excluding hydrogens is 224 g/mol. The zero-order valence-corrected chi connectivity index (χ0v) is 11.9. The van der Waals surface area contributed by atoms with Gasteiger partial charge in [0.15, 0.2) is 0 Å². The first-order chi connectivity index (χ1) is 7.94. The number of hydrogen-bond acceptors (Lipinski definition) is 1. The molecule has 0 fully saturated rings. The quantitative estimate of drug-likeness (QED) is 0.335. The normalized spacial score (nSPS) is 12.2. The smallest absolute Gasteiger partial charge is 0.147 e. The van der Waals surface area contributed by atoms with Crippen molar-refractivity contribution in [3.8, 4) is 11.5 Å². The Labute approximate surface area is 105 Å². The van der Waals surface area contributed by atoms with Gasteiger partial charge in [-0.15, -0.1) is 5.54 Å². The highest BCUT2D eigenvalue weighted by atomic mass is 28.3. The van der Waals surface area contributed by atoms with Gasteiger partial charge in [-0.25, -0.2) is 0 Å². The fraction of sp³-hybridized carbons (Fsp3) is 0.267. The van der Waals surface area contributed by atoms with Crippen LogP contribution in [0, 0.1) is 11.5 Å². The third kappa shape index (κ3) is 4.42. The van der Waals surface area contributed by atoms with Gasteiger partial charge in [-0.1, -0.05) is 55.9 Å². The van der Waals surface area contributed by atoms with Gasteiger partial charge in [-0.2, -0.15) is 0 Å². The molecule has 1 rings (SSSR count). The van der Waals surface area contributed by atoms with Crippen LogP contribution in [-0.4, -0.2) is 14.4 Å². The maximum Gasteiger partial charge on any atom is 0.147 e. The standard InChI is InChI=1S/C15H18OSi/c1-13(12-16)15(10-11-17(2,3)4)14-8-6-5-7-9-14/h5-9,12H,1-4H3/b15-13+. The minimum absolute atomic E-state index is 0.696. The predicted octanol–water partition coefficient (Wildman–Crippen LogP) is 3.54. The summed E-state index contributed by atoms with van der Waals surface area (Å²) in [5, 5.41) is 0. The summed E-state index contributed by atoms with van der Waals surface area (Å²) in [6.45, 7) is 8.39. The molecule has 0 unspecified atom stereocenters. The molecule has 0 N–H and O–H groups in total. The van der Waals surface area contributed by atoms with Gasteiger partial charge in [0, 0.05) is 11.1 Å². The van der Waals surface area contributed by atoms with Crippen molar-refractivity contribution in [1.82, 2.24) is 0 Å². The molecule has 1 nitrogen and oxygen atoms in total. The molecule has 1 aromatic carbocycles. The molecule has 0 heterocycles. The van der Waals surface area contributed by atoms with Crippen LogP contribution < -0.4 is 0 Å². The van der Waals surface area contributed by atoms with Gasteiger partial charge in [0.05, 0.1) is 0 Å². The number of carbonyl (C=O) groups is 1. The monoisotopic (exact) mass is 242 g/mol. The molecule has 0 aliphatic rings. The topological polar surface area (TPSA) is 17.1 Å². The van der Waals surface area contributed by atoms with Crippen molar-refractivity contribution in [1.29, 1.82) is 0 Å². The van der Waals surface area contributed by atoms with Crippen molar-refractivity contribution in [2.45, 2.75) is 26.6 Å². The zero-order chi connectivity index (χ0) is 12.9. The van der Waals surface area contributed by atoms with E-state index in [2.05, 4.69) is 31.1 Å². The van der Waals surface area contributed by atoms with Crippen LogP contribution in [0.4, 0.5) is 0 Å². The van der Waals surface area contributed by atoms with Crippen LogP contribution in [-0.2, 0) is 4.79 Å². The van der Waals surface area contributed by atoms with Gasteiger partial charge < -0.3 is 0 Å². The van der Waals surface area contributed by atoms with Gasteiger partial charge in [-0.3, -0.25) is 4.79 Å². The van der Waals surface area contributed by atoms with Crippen molar-refractivity contribution in [3.63, 3.8) is 0 Å². The molecule has 0 saturated carbocycles. The average molecular weight is 242 g/mol. The molecule has 0 saturated heterocycles. The lowest BCUT2D eigenvalue weighted by Gasteiger charge is -2.06. The minimum atomic E-state index is -1.42. The van der Waals surface area contributed by atoms with E-state index in [0.29, 0.717) is 5.57 Å². The van der Waals surface area contributed by atoms with Crippen molar-refractivity contribution >= 4 is 19.9 Å². The highest BCUT2D eigenvalue weighted by Gasteiger charge is 2.09. The van der Waals surface area contributed by atoms with Crippen LogP contribution in [0.1, 0.15) is 12.5 Å². The molecule has 0 aliphatic heterocycles. The highest BCUT2D eigenvalue weighted by molar-refractivity contribution is 6.84. The third-order valence-electron chi connectivity index (χ3n) is 2.20. The van der Waals surface area contributed by atoms with Crippen molar-refractivity contribution in [3.05, 3.63) is 41.5 Å². The van der Waals surface area contributed by atoms with E-state index >= 15 is 0 Å². The lowest BCUT2D eigenvalue weighted by atomic mass is 10.0. The zero-order valence-electron chi connectivity index (χ0n) is 10.9. The van der Waals surface area contributed by atoms with E-state index in [4.69, 9.17) is 0 Å². The van der Waals surface area contributed by atoms with Crippen molar-refractivity contribution in [2.24, 2.45) is 0 Å². The summed E-state index contributed by atoms with van der Waals surface area (Å²) >= 11 is 0. The largest absolute Gasteiger partial charge is 0.298 e. The number of aldehydes is 1. The summed E-state index contributed by atoms with van der Waals surface area (Å²) < 4.78 is 0. The molecular formula is C15H18OSi. The Hall–Kier alpha value is -1.59. The maximum absolute atomic E-state index is 10.9. The first-order valence-corrected chi connectivity index (χ1v) is 9.19. The molecule has 0 bridgehead atoms. The van der Waals surface area contributed by atoms with E-state index in [-0.39, 0.29) is 0 Å². The van der Waals surface area contributed by atoms with Crippen LogP contribution in [0.15, 0.2) is 35.9 Å². The summed E-state index contributed by atoms with van der Waals surface area (Å²) in [5.41, 5.74) is 5.87. The first kappa shape index (κ1) is 13.5. The Kier molecular flexibility index (Phi) is 4.48. The van der Waals surface area contributed by atoms with Crippen LogP contribution >= 0.6 is 0 Å². The SMILES string of the molecule is C/C(C=O)=C(/C#C[Si](C)(C)C)c1ccccc1. The predicted molar refractivity (Wildman–Crippen MR) is 76.2 cm³/mol. The van der Waals surface area contributed by atoms with E-state index in [1.165, 1.54) is 0 Å². The molecule has 2 heteroatoms. The second-order valence-electron chi connectivity index (χ2n) is 5.04. The van der Waals surface area contributed by atoms with Crippen molar-refractivity contribution in [2.75, 3.05) is 0 Å². The van der Waals surface area contributed by atoms with Gasteiger partial charge in [0.25, 0.3) is 0 Å². The minimum Gasteiger partial charge on any atom is -0.298 e. The van der Waals surface area contributed by atoms with Gasteiger partial charge >= 0.3 is 0 Å². The molecule has 0 amide bonds. The summed E-state index contributed by atoms with van der Waals surface area (Å²) in [7, 11) is -1.42. The Morgan fingerprint density at radius 2 is 1.76 bits per heavy atom. The van der Waals surface area contributed by atoms with E-state index < -0.39 is 8.07 Å². The Morgan fingerprint density at radius 1 is 1.18 bits per heavy atom. The number of rotatable bonds is 2. The van der Waals surface area contributed by atoms with Crippen molar-refractivity contribution < 1.29 is 4.79 Å². The third-order valence-corrected chi connectivity index (χ3v) is 3.07. The summed E-state index contributed by atoms with van der Waals surface area (Å²) in [5.74, 6) is 3.19. The summed E-state index contributed by atoms with van der Waals surface area (Å²) in [6, 6.07) is 9.86. The number of carbonyl (C=O) groups excluding carboxylic acids is 1. The Balaban J connectivity index is 3.25. The second kappa shape index (κ2) is 5.65. The molecule has 17 heavy (non-hydrogen) atoms. The Bertz CT molecular complexity index is 481. The number of allylic oxidation sites excluding steroid dienone is 2. The van der Waals surface area contributed by atoms with Gasteiger partial charge in [-0.05, 0) is 12.5 Å². The van der Waals surface area contributed by atoms with Crippen LogP contribution in [0.25, 0.3) is 5.57 Å². The van der Waals surface area contributed by atoms with Gasteiger partial charge in [0.1, 0.15) is 14.4 Å². The maximum atomic E-state index is 10.9. The van der Waals surface area contributed by atoms with Gasteiger partial charge in [0.2, 0.25) is 0 Å². The molecule has 0 radical (unpaired) electrons. The van der Waals surface area contributed by atoms with Crippen LogP contribution in [0.3, 0.4) is 0 Å². The first-order valence-electron chi connectivity index (χ1n) is 5.69. The average Bonchev–Trinajstić information content (AvgIpc) is 2.29. The van der Waals surface area contributed by atoms with E-state index in [0.717, 1.165) is 17.4 Å². The van der Waals surface area contributed by atoms with Crippen LogP contribution in [0.5, 0.6) is 0 Å². The number of benzene rings is 1. The molecule has 0 aromatic heterocycles. The Morgan fingerprint density at radius 3 is 2.24 bits per heavy atom. The molecule has 1 aromatic rings. The van der Waals surface area contributed by atoms with E-state index in [9.17, 15) is 4.79 Å². The molecule has 88 valence electrons. The summed E-state index contributed by atoms with van der Waals surface area (Å²) in [6.07, 6.45) is 0.876. The van der Waals surface area contributed by atoms with Crippen LogP contribution in [0.2, 0.25) is 19.6 Å². The molecule has 0 atom stereocenters. The molecule has 0 spiro atoms. The number of hydrogen-bond donors (Lipinski definition) is 0. The summed E-state index contributed by atoms with van der Waals surface area (Å²) in [4.78, 5) is 10.9. The lowest BCUT2D eigenvalue weighted by molar-refractivity contribution is -0.104. The second-order valence-corrected chi connectivity index (χ2v) is 9.79. The fourth-order valence-electron chi connectivity index (χ4n) is 1.31. The fourth-order valence-corrected chi connectivity index (χ4v) is 1.81. The molecule has 0 aliphatic carbocycles. The van der Waals surface area contributed by atoms with E-state index in [1.807, 2.05) is 37.3 Å². The van der Waals surface area contributed by atoms with E-state index in [1.54, 1.807) is 0 Å². The highest BCUT2D eigenvalue weighted by Crippen LogP contribution is 2.17. The lowest BCUT2D eigenvalue weighted by Crippen LogP contribution is -2.16.